The van der Waals surface area contributed by atoms with E-state index in [0.29, 0.717) is 0 Å². The number of hydrogen-bond donors (Lipinski definition) is 1. The molecule has 0 saturated heterocycles. The molecule has 5 nitrogen and oxygen atoms in total. The third kappa shape index (κ3) is 1.64. The van der Waals surface area contributed by atoms with Gasteiger partial charge in [0.05, 0.1) is 4.92 Å². The smallest absolute Gasteiger partial charge is 0.302 e. The first-order valence-electron chi connectivity index (χ1n) is 2.67. The monoisotopic (exact) mass is 217 g/mol. The van der Waals surface area contributed by atoms with E-state index in [1.165, 1.54) is 12.1 Å². The van der Waals surface area contributed by atoms with Crippen LogP contribution in [0, 0.1) is 10.1 Å². The summed E-state index contributed by atoms with van der Waals surface area (Å²) >= 11 is 2.91. The highest BCUT2D eigenvalue weighted by molar-refractivity contribution is 9.10. The molecule has 0 spiro atoms. The molecule has 0 aliphatic rings. The first-order chi connectivity index (χ1) is 5.11. The highest BCUT2D eigenvalue weighted by Crippen LogP contribution is 2.22. The Balaban J connectivity index is 3.20. The Labute approximate surface area is 70.5 Å². The fourth-order valence-electron chi connectivity index (χ4n) is 0.577. The second-order valence-corrected chi connectivity index (χ2v) is 2.55. The molecule has 2 N–H and O–H groups in total. The van der Waals surface area contributed by atoms with Crippen molar-refractivity contribution in [3.05, 3.63) is 26.9 Å². The Morgan fingerprint density at radius 1 is 1.64 bits per heavy atom. The van der Waals surface area contributed by atoms with Crippen molar-refractivity contribution in [2.45, 2.75) is 0 Å². The number of halogens is 1. The fraction of sp³-hybridized carbons (Fsp3) is 0. The molecule has 1 rings (SSSR count). The Bertz CT molecular complexity index is 302. The van der Waals surface area contributed by atoms with Crippen LogP contribution in [-0.4, -0.2) is 9.91 Å². The van der Waals surface area contributed by atoms with E-state index in [9.17, 15) is 10.1 Å². The maximum absolute atomic E-state index is 10.2. The first-order valence-corrected chi connectivity index (χ1v) is 3.47. The number of nitrogen functional groups attached to an aromatic ring is 1. The lowest BCUT2D eigenvalue weighted by molar-refractivity contribution is -0.386. The van der Waals surface area contributed by atoms with Crippen molar-refractivity contribution in [2.24, 2.45) is 0 Å². The summed E-state index contributed by atoms with van der Waals surface area (Å²) in [6, 6.07) is 2.68. The van der Waals surface area contributed by atoms with Gasteiger partial charge in [-0.2, -0.15) is 0 Å². The van der Waals surface area contributed by atoms with Crippen molar-refractivity contribution < 1.29 is 4.92 Å². The molecule has 1 aromatic heterocycles. The summed E-state index contributed by atoms with van der Waals surface area (Å²) in [5, 5.41) is 10.2. The van der Waals surface area contributed by atoms with Gasteiger partial charge >= 0.3 is 5.69 Å². The number of pyridine rings is 1. The van der Waals surface area contributed by atoms with E-state index < -0.39 is 4.92 Å². The van der Waals surface area contributed by atoms with E-state index >= 15 is 0 Å². The lowest BCUT2D eigenvalue weighted by atomic mass is 10.4. The second kappa shape index (κ2) is 2.83. The van der Waals surface area contributed by atoms with Crippen LogP contribution in [0.3, 0.4) is 0 Å². The normalized spacial score (nSPS) is 9.55. The molecule has 0 aromatic carbocycles. The van der Waals surface area contributed by atoms with Gasteiger partial charge in [0, 0.05) is 6.07 Å². The van der Waals surface area contributed by atoms with Gasteiger partial charge in [-0.25, -0.2) is 4.98 Å². The van der Waals surface area contributed by atoms with Crippen LogP contribution in [0.5, 0.6) is 0 Å². The van der Waals surface area contributed by atoms with E-state index in [4.69, 9.17) is 5.73 Å². The maximum atomic E-state index is 10.2. The summed E-state index contributed by atoms with van der Waals surface area (Å²) in [6.07, 6.45) is 0. The van der Waals surface area contributed by atoms with Gasteiger partial charge in [0.25, 0.3) is 0 Å². The Morgan fingerprint density at radius 3 is 2.73 bits per heavy atom. The number of nitro groups is 1. The minimum Gasteiger partial charge on any atom is -0.384 e. The number of aromatic nitrogens is 1. The number of rotatable bonds is 1. The van der Waals surface area contributed by atoms with Gasteiger partial charge in [-0.3, -0.25) is 10.1 Å². The zero-order chi connectivity index (χ0) is 8.43. The van der Waals surface area contributed by atoms with Crippen molar-refractivity contribution in [2.75, 3.05) is 5.73 Å². The van der Waals surface area contributed by atoms with Crippen LogP contribution in [0.4, 0.5) is 11.5 Å². The van der Waals surface area contributed by atoms with Crippen LogP contribution in [0.1, 0.15) is 0 Å². The summed E-state index contributed by atoms with van der Waals surface area (Å²) in [7, 11) is 0. The summed E-state index contributed by atoms with van der Waals surface area (Å²) in [6.45, 7) is 0. The van der Waals surface area contributed by atoms with Gasteiger partial charge in [0.1, 0.15) is 5.82 Å². The number of nitrogens with two attached hydrogens (primary N) is 1. The van der Waals surface area contributed by atoms with E-state index in [-0.39, 0.29) is 16.1 Å². The number of anilines is 1. The maximum Gasteiger partial charge on any atom is 0.302 e. The molecule has 0 bridgehead atoms. The molecule has 0 aliphatic carbocycles. The fourth-order valence-corrected chi connectivity index (χ4v) is 1.06. The molecule has 1 aromatic rings. The van der Waals surface area contributed by atoms with Crippen molar-refractivity contribution in [1.29, 1.82) is 0 Å². The molecule has 6 heteroatoms. The third-order valence-corrected chi connectivity index (χ3v) is 1.63. The minimum atomic E-state index is -0.531. The van der Waals surface area contributed by atoms with E-state index in [1.807, 2.05) is 0 Å². The molecule has 0 unspecified atom stereocenters. The van der Waals surface area contributed by atoms with Crippen LogP contribution in [0.15, 0.2) is 16.7 Å². The van der Waals surface area contributed by atoms with Crippen molar-refractivity contribution in [1.82, 2.24) is 4.98 Å². The second-order valence-electron chi connectivity index (χ2n) is 1.80. The molecule has 58 valence electrons. The van der Waals surface area contributed by atoms with E-state index in [0.717, 1.165) is 0 Å². The zero-order valence-corrected chi connectivity index (χ0v) is 6.91. The molecule has 0 aliphatic heterocycles. The summed E-state index contributed by atoms with van der Waals surface area (Å²) in [4.78, 5) is 13.3. The van der Waals surface area contributed by atoms with Gasteiger partial charge < -0.3 is 5.73 Å². The molecular weight excluding hydrogens is 214 g/mol. The predicted molar refractivity (Wildman–Crippen MR) is 43.0 cm³/mol. The summed E-state index contributed by atoms with van der Waals surface area (Å²) in [5.41, 5.74) is 5.18. The Hall–Kier alpha value is -1.17. The SMILES string of the molecule is Nc1ccc([N+](=O)[O-])c(Br)n1. The molecule has 0 saturated carbocycles. The van der Waals surface area contributed by atoms with Gasteiger partial charge in [-0.05, 0) is 22.0 Å². The lowest BCUT2D eigenvalue weighted by Crippen LogP contribution is -1.94. The molecule has 0 atom stereocenters. The number of hydrogen-bond acceptors (Lipinski definition) is 4. The molecule has 0 amide bonds. The largest absolute Gasteiger partial charge is 0.384 e. The van der Waals surface area contributed by atoms with Crippen LogP contribution in [0.25, 0.3) is 0 Å². The van der Waals surface area contributed by atoms with Crippen LogP contribution >= 0.6 is 15.9 Å². The highest BCUT2D eigenvalue weighted by Gasteiger charge is 2.11. The third-order valence-electron chi connectivity index (χ3n) is 1.05. The van der Waals surface area contributed by atoms with Crippen LogP contribution < -0.4 is 5.73 Å². The molecule has 0 radical (unpaired) electrons. The van der Waals surface area contributed by atoms with Crippen LogP contribution in [-0.2, 0) is 0 Å². The van der Waals surface area contributed by atoms with Gasteiger partial charge in [0.2, 0.25) is 0 Å². The average Bonchev–Trinajstić information content (AvgIpc) is 1.85. The summed E-state index contributed by atoms with van der Waals surface area (Å²) < 4.78 is 0.155. The molecule has 1 heterocycles. The predicted octanol–water partition coefficient (Wildman–Crippen LogP) is 1.33. The van der Waals surface area contributed by atoms with Gasteiger partial charge in [-0.1, -0.05) is 0 Å². The highest BCUT2D eigenvalue weighted by atomic mass is 79.9. The molecule has 0 fully saturated rings. The Kier molecular flexibility index (Phi) is 2.04. The lowest BCUT2D eigenvalue weighted by Gasteiger charge is -1.94. The minimum absolute atomic E-state index is 0.0841. The molecule has 11 heavy (non-hydrogen) atoms. The van der Waals surface area contributed by atoms with Gasteiger partial charge in [-0.15, -0.1) is 0 Å². The topological polar surface area (TPSA) is 82.0 Å². The van der Waals surface area contributed by atoms with Crippen LogP contribution in [0.2, 0.25) is 0 Å². The quantitative estimate of drug-likeness (QED) is 0.438. The number of nitrogens with zero attached hydrogens (tertiary/aromatic N) is 2. The standard InChI is InChI=1S/C5H4BrN3O2/c6-5-3(9(10)11)1-2-4(7)8-5/h1-2H,(H2,7,8). The summed E-state index contributed by atoms with van der Waals surface area (Å²) in [5.74, 6) is 0.252. The zero-order valence-electron chi connectivity index (χ0n) is 5.32. The van der Waals surface area contributed by atoms with Crippen molar-refractivity contribution in [3.63, 3.8) is 0 Å². The van der Waals surface area contributed by atoms with Gasteiger partial charge in [0.15, 0.2) is 4.60 Å². The van der Waals surface area contributed by atoms with Crippen molar-refractivity contribution in [3.8, 4) is 0 Å². The first kappa shape index (κ1) is 7.93. The molecular formula is C5H4BrN3O2. The van der Waals surface area contributed by atoms with Crippen molar-refractivity contribution >= 4 is 27.4 Å². The average molecular weight is 218 g/mol. The van der Waals surface area contributed by atoms with E-state index in [1.54, 1.807) is 0 Å². The Morgan fingerprint density at radius 2 is 2.27 bits per heavy atom. The van der Waals surface area contributed by atoms with E-state index in [2.05, 4.69) is 20.9 Å².